The van der Waals surface area contributed by atoms with Crippen LogP contribution in [0.3, 0.4) is 0 Å². The molecule has 0 spiro atoms. The molecule has 0 saturated heterocycles. The number of halogens is 2. The molecule has 0 unspecified atom stereocenters. The summed E-state index contributed by atoms with van der Waals surface area (Å²) in [4.78, 5) is 0. The number of hydrogen-bond acceptors (Lipinski definition) is 1. The largest absolute Gasteiger partial charge is 0.490 e. The molecule has 0 aromatic heterocycles. The fourth-order valence-electron chi connectivity index (χ4n) is 3.41. The molecule has 1 nitrogen and oxygen atoms in total. The van der Waals surface area contributed by atoms with Crippen molar-refractivity contribution < 1.29 is 13.5 Å². The minimum absolute atomic E-state index is 0.0536. The highest BCUT2D eigenvalue weighted by Crippen LogP contribution is 2.41. The van der Waals surface area contributed by atoms with Gasteiger partial charge in [-0.3, -0.25) is 0 Å². The van der Waals surface area contributed by atoms with Gasteiger partial charge in [-0.2, -0.15) is 4.39 Å². The molecule has 3 heteroatoms. The fraction of sp³-hybridized carbons (Fsp3) is 0.667. The van der Waals surface area contributed by atoms with E-state index in [4.69, 9.17) is 4.74 Å². The first-order valence-electron chi connectivity index (χ1n) is 8.19. The van der Waals surface area contributed by atoms with Gasteiger partial charge < -0.3 is 4.74 Å². The van der Waals surface area contributed by atoms with E-state index < -0.39 is 11.6 Å². The molecule has 0 amide bonds. The zero-order valence-corrected chi connectivity index (χ0v) is 13.3. The molecule has 1 aliphatic carbocycles. The van der Waals surface area contributed by atoms with Crippen LogP contribution < -0.4 is 4.74 Å². The van der Waals surface area contributed by atoms with Crippen LogP contribution in [0.1, 0.15) is 69.4 Å². The molecule has 21 heavy (non-hydrogen) atoms. The number of ether oxygens (including phenoxy) is 1. The van der Waals surface area contributed by atoms with Crippen molar-refractivity contribution in [3.05, 3.63) is 28.8 Å². The first-order chi connectivity index (χ1) is 10.1. The third kappa shape index (κ3) is 3.56. The zero-order chi connectivity index (χ0) is 15.4. The minimum atomic E-state index is -0.818. The van der Waals surface area contributed by atoms with E-state index in [1.807, 2.05) is 13.8 Å². The molecule has 0 radical (unpaired) electrons. The molecule has 1 aliphatic rings. The SMILES string of the molecule is CCCOc1cc(C)c(C2CCC(CC)CC2)c(F)c1F. The highest BCUT2D eigenvalue weighted by atomic mass is 19.2. The van der Waals surface area contributed by atoms with Crippen molar-refractivity contribution in [3.8, 4) is 5.75 Å². The maximum absolute atomic E-state index is 14.5. The molecule has 1 saturated carbocycles. The second-order valence-electron chi connectivity index (χ2n) is 6.21. The third-order valence-electron chi connectivity index (χ3n) is 4.71. The first kappa shape index (κ1) is 16.3. The van der Waals surface area contributed by atoms with Crippen molar-refractivity contribution in [2.24, 2.45) is 5.92 Å². The number of rotatable bonds is 5. The van der Waals surface area contributed by atoms with Gasteiger partial charge in [-0.05, 0) is 68.1 Å². The Labute approximate surface area is 126 Å². The third-order valence-corrected chi connectivity index (χ3v) is 4.71. The van der Waals surface area contributed by atoms with Gasteiger partial charge in [-0.15, -0.1) is 0 Å². The second-order valence-corrected chi connectivity index (χ2v) is 6.21. The summed E-state index contributed by atoms with van der Waals surface area (Å²) in [6.07, 6.45) is 6.14. The summed E-state index contributed by atoms with van der Waals surface area (Å²) in [7, 11) is 0. The molecule has 2 rings (SSSR count). The van der Waals surface area contributed by atoms with Gasteiger partial charge in [0, 0.05) is 0 Å². The van der Waals surface area contributed by atoms with Gasteiger partial charge in [-0.25, -0.2) is 4.39 Å². The normalized spacial score (nSPS) is 22.3. The highest BCUT2D eigenvalue weighted by Gasteiger charge is 2.27. The van der Waals surface area contributed by atoms with Crippen LogP contribution in [-0.2, 0) is 0 Å². The maximum Gasteiger partial charge on any atom is 0.200 e. The Morgan fingerprint density at radius 2 is 1.76 bits per heavy atom. The van der Waals surface area contributed by atoms with Crippen LogP contribution in [0, 0.1) is 24.5 Å². The van der Waals surface area contributed by atoms with Crippen molar-refractivity contribution in [2.75, 3.05) is 6.61 Å². The van der Waals surface area contributed by atoms with Crippen molar-refractivity contribution in [3.63, 3.8) is 0 Å². The Bertz CT molecular complexity index is 477. The Balaban J connectivity index is 2.22. The lowest BCUT2D eigenvalue weighted by molar-refractivity contribution is 0.288. The predicted molar refractivity (Wildman–Crippen MR) is 81.9 cm³/mol. The molecule has 0 aliphatic heterocycles. The summed E-state index contributed by atoms with van der Waals surface area (Å²) >= 11 is 0. The Morgan fingerprint density at radius 1 is 1.10 bits per heavy atom. The van der Waals surface area contributed by atoms with E-state index in [9.17, 15) is 8.78 Å². The molecule has 1 aromatic carbocycles. The van der Waals surface area contributed by atoms with Crippen LogP contribution in [0.5, 0.6) is 5.75 Å². The number of hydrogen-bond donors (Lipinski definition) is 0. The summed E-state index contributed by atoms with van der Waals surface area (Å²) < 4.78 is 33.9. The molecule has 1 aromatic rings. The molecular weight excluding hydrogens is 270 g/mol. The average molecular weight is 296 g/mol. The minimum Gasteiger partial charge on any atom is -0.490 e. The van der Waals surface area contributed by atoms with Gasteiger partial charge in [-0.1, -0.05) is 20.3 Å². The second kappa shape index (κ2) is 7.24. The van der Waals surface area contributed by atoms with Crippen LogP contribution >= 0.6 is 0 Å². The van der Waals surface area contributed by atoms with Crippen molar-refractivity contribution in [1.29, 1.82) is 0 Å². The van der Waals surface area contributed by atoms with E-state index in [0.29, 0.717) is 12.2 Å². The molecule has 0 N–H and O–H groups in total. The van der Waals surface area contributed by atoms with Crippen LogP contribution in [0.2, 0.25) is 0 Å². The van der Waals surface area contributed by atoms with E-state index in [1.165, 1.54) is 6.42 Å². The van der Waals surface area contributed by atoms with Gasteiger partial charge in [0.2, 0.25) is 5.82 Å². The van der Waals surface area contributed by atoms with E-state index in [0.717, 1.165) is 43.6 Å². The Kier molecular flexibility index (Phi) is 5.60. The quantitative estimate of drug-likeness (QED) is 0.672. The predicted octanol–water partition coefficient (Wildman–Crippen LogP) is 5.75. The van der Waals surface area contributed by atoms with Gasteiger partial charge in [0.25, 0.3) is 0 Å². The zero-order valence-electron chi connectivity index (χ0n) is 13.3. The topological polar surface area (TPSA) is 9.23 Å². The monoisotopic (exact) mass is 296 g/mol. The summed E-state index contributed by atoms with van der Waals surface area (Å²) in [5.41, 5.74) is 1.39. The van der Waals surface area contributed by atoms with Gasteiger partial charge in [0.05, 0.1) is 6.61 Å². The molecule has 0 atom stereocenters. The number of benzene rings is 1. The van der Waals surface area contributed by atoms with E-state index in [-0.39, 0.29) is 11.7 Å². The average Bonchev–Trinajstić information content (AvgIpc) is 2.50. The van der Waals surface area contributed by atoms with Crippen LogP contribution in [0.25, 0.3) is 0 Å². The van der Waals surface area contributed by atoms with E-state index in [2.05, 4.69) is 6.92 Å². The lowest BCUT2D eigenvalue weighted by atomic mass is 9.76. The standard InChI is InChI=1S/C18H26F2O/c1-4-10-21-15-11-12(3)16(18(20)17(15)19)14-8-6-13(5-2)7-9-14/h11,13-14H,4-10H2,1-3H3. The molecule has 118 valence electrons. The van der Waals surface area contributed by atoms with Gasteiger partial charge >= 0.3 is 0 Å². The Hall–Kier alpha value is -1.12. The fourth-order valence-corrected chi connectivity index (χ4v) is 3.41. The summed E-state index contributed by atoms with van der Waals surface area (Å²) in [5, 5.41) is 0. The van der Waals surface area contributed by atoms with Gasteiger partial charge in [0.1, 0.15) is 0 Å². The first-order valence-corrected chi connectivity index (χ1v) is 8.19. The molecule has 1 fully saturated rings. The van der Waals surface area contributed by atoms with E-state index in [1.54, 1.807) is 6.07 Å². The lowest BCUT2D eigenvalue weighted by Gasteiger charge is -2.29. The van der Waals surface area contributed by atoms with Crippen molar-refractivity contribution in [1.82, 2.24) is 0 Å². The van der Waals surface area contributed by atoms with Crippen molar-refractivity contribution >= 4 is 0 Å². The van der Waals surface area contributed by atoms with Gasteiger partial charge in [0.15, 0.2) is 11.6 Å². The maximum atomic E-state index is 14.5. The van der Waals surface area contributed by atoms with Crippen LogP contribution in [0.4, 0.5) is 8.78 Å². The molecule has 0 bridgehead atoms. The summed E-state index contributed by atoms with van der Waals surface area (Å²) in [6.45, 7) is 6.43. The van der Waals surface area contributed by atoms with Crippen LogP contribution in [0.15, 0.2) is 6.07 Å². The summed E-state index contributed by atoms with van der Waals surface area (Å²) in [5.74, 6) is -0.551. The van der Waals surface area contributed by atoms with Crippen molar-refractivity contribution in [2.45, 2.75) is 65.2 Å². The molecule has 0 heterocycles. The smallest absolute Gasteiger partial charge is 0.200 e. The lowest BCUT2D eigenvalue weighted by Crippen LogP contribution is -2.16. The van der Waals surface area contributed by atoms with E-state index >= 15 is 0 Å². The number of aryl methyl sites for hydroxylation is 1. The van der Waals surface area contributed by atoms with Crippen LogP contribution in [-0.4, -0.2) is 6.61 Å². The Morgan fingerprint density at radius 3 is 2.33 bits per heavy atom. The highest BCUT2D eigenvalue weighted by molar-refractivity contribution is 5.40. The summed E-state index contributed by atoms with van der Waals surface area (Å²) in [6, 6.07) is 1.66. The molecular formula is C18H26F2O.